The molecule has 1 aromatic carbocycles. The fraction of sp³-hybridized carbons (Fsp3) is 0.476. The van der Waals surface area contributed by atoms with Gasteiger partial charge in [-0.05, 0) is 30.5 Å². The molecule has 1 amide bonds. The summed E-state index contributed by atoms with van der Waals surface area (Å²) in [6.07, 6.45) is 4.03. The summed E-state index contributed by atoms with van der Waals surface area (Å²) >= 11 is 0. The first-order chi connectivity index (χ1) is 14.1. The molecule has 1 spiro atoms. The van der Waals surface area contributed by atoms with Gasteiger partial charge in [-0.15, -0.1) is 0 Å². The largest absolute Gasteiger partial charge is 0.481 e. The van der Waals surface area contributed by atoms with Crippen molar-refractivity contribution in [2.75, 3.05) is 25.1 Å². The van der Waals surface area contributed by atoms with Gasteiger partial charge < -0.3 is 19.3 Å². The average Bonchev–Trinajstić information content (AvgIpc) is 3.27. The maximum atomic E-state index is 13.7. The Morgan fingerprint density at radius 3 is 2.79 bits per heavy atom. The van der Waals surface area contributed by atoms with Gasteiger partial charge in [-0.2, -0.15) is 0 Å². The van der Waals surface area contributed by atoms with E-state index in [1.54, 1.807) is 19.2 Å². The molecular formula is C21H23FN4O3. The van der Waals surface area contributed by atoms with Crippen LogP contribution in [0.1, 0.15) is 37.3 Å². The molecule has 0 radical (unpaired) electrons. The van der Waals surface area contributed by atoms with E-state index in [9.17, 15) is 9.18 Å². The number of anilines is 1. The Morgan fingerprint density at radius 2 is 2.03 bits per heavy atom. The number of amides is 1. The first-order valence-corrected chi connectivity index (χ1v) is 9.97. The molecule has 0 unspecified atom stereocenters. The standard InChI is InChI=1S/C21H23FN4O3/c1-28-18-12-17(23-13-24-18)25-9-7-21(8-10-25)20(27)26-16(5-6-19(26)29-21)14-3-2-4-15(22)11-14/h2-4,11-13,16,19H,5-10H2,1H3/t16-,19+/m0/s1. The van der Waals surface area contributed by atoms with Gasteiger partial charge in [-0.3, -0.25) is 4.79 Å². The lowest BCUT2D eigenvalue weighted by Gasteiger charge is -2.38. The van der Waals surface area contributed by atoms with E-state index in [-0.39, 0.29) is 24.0 Å². The Morgan fingerprint density at radius 1 is 1.21 bits per heavy atom. The number of ether oxygens (including phenoxy) is 2. The summed E-state index contributed by atoms with van der Waals surface area (Å²) in [5.74, 6) is 1.06. The van der Waals surface area contributed by atoms with E-state index in [2.05, 4.69) is 14.9 Å². The van der Waals surface area contributed by atoms with Crippen LogP contribution in [0, 0.1) is 5.82 Å². The van der Waals surface area contributed by atoms with Crippen molar-refractivity contribution in [1.82, 2.24) is 14.9 Å². The first kappa shape index (κ1) is 18.3. The van der Waals surface area contributed by atoms with Crippen molar-refractivity contribution in [3.8, 4) is 5.88 Å². The number of methoxy groups -OCH3 is 1. The molecule has 29 heavy (non-hydrogen) atoms. The lowest BCUT2D eigenvalue weighted by atomic mass is 9.89. The molecule has 3 aliphatic heterocycles. The Balaban J connectivity index is 1.33. The van der Waals surface area contributed by atoms with Crippen LogP contribution < -0.4 is 9.64 Å². The summed E-state index contributed by atoms with van der Waals surface area (Å²) in [6, 6.07) is 8.22. The van der Waals surface area contributed by atoms with Crippen LogP contribution in [0.2, 0.25) is 0 Å². The van der Waals surface area contributed by atoms with Crippen molar-refractivity contribution in [2.45, 2.75) is 43.6 Å². The molecule has 0 aliphatic carbocycles. The fourth-order valence-electron chi connectivity index (χ4n) is 4.80. The molecule has 152 valence electrons. The maximum Gasteiger partial charge on any atom is 0.257 e. The zero-order valence-electron chi connectivity index (χ0n) is 16.3. The quantitative estimate of drug-likeness (QED) is 0.792. The third-order valence-corrected chi connectivity index (χ3v) is 6.28. The summed E-state index contributed by atoms with van der Waals surface area (Å²) in [4.78, 5) is 25.8. The van der Waals surface area contributed by atoms with Crippen LogP contribution in [-0.2, 0) is 9.53 Å². The Labute approximate surface area is 168 Å². The second-order valence-electron chi connectivity index (χ2n) is 7.83. The number of fused-ring (bicyclic) bond motifs is 1. The smallest absolute Gasteiger partial charge is 0.257 e. The van der Waals surface area contributed by atoms with E-state index in [0.717, 1.165) is 24.2 Å². The van der Waals surface area contributed by atoms with E-state index in [1.165, 1.54) is 18.5 Å². The Hall–Kier alpha value is -2.74. The lowest BCUT2D eigenvalue weighted by Crippen LogP contribution is -2.50. The van der Waals surface area contributed by atoms with Crippen LogP contribution in [0.3, 0.4) is 0 Å². The van der Waals surface area contributed by atoms with E-state index in [0.29, 0.717) is 31.8 Å². The van der Waals surface area contributed by atoms with Gasteiger partial charge >= 0.3 is 0 Å². The molecule has 0 bridgehead atoms. The summed E-state index contributed by atoms with van der Waals surface area (Å²) in [5, 5.41) is 0. The third kappa shape index (κ3) is 3.02. The van der Waals surface area contributed by atoms with E-state index >= 15 is 0 Å². The van der Waals surface area contributed by atoms with Gasteiger partial charge in [0, 0.05) is 32.0 Å². The highest BCUT2D eigenvalue weighted by molar-refractivity contribution is 5.88. The molecule has 0 N–H and O–H groups in total. The molecule has 1 aromatic heterocycles. The third-order valence-electron chi connectivity index (χ3n) is 6.28. The highest BCUT2D eigenvalue weighted by atomic mass is 19.1. The zero-order chi connectivity index (χ0) is 20.0. The molecule has 7 nitrogen and oxygen atoms in total. The lowest BCUT2D eigenvalue weighted by molar-refractivity contribution is -0.140. The number of piperidine rings is 1. The summed E-state index contributed by atoms with van der Waals surface area (Å²) in [6.45, 7) is 1.33. The van der Waals surface area contributed by atoms with Crippen molar-refractivity contribution < 1.29 is 18.7 Å². The molecular weight excluding hydrogens is 375 g/mol. The minimum atomic E-state index is -0.787. The number of benzene rings is 1. The average molecular weight is 398 g/mol. The molecule has 4 heterocycles. The van der Waals surface area contributed by atoms with Gasteiger partial charge in [0.25, 0.3) is 5.91 Å². The monoisotopic (exact) mass is 398 g/mol. The van der Waals surface area contributed by atoms with Crippen molar-refractivity contribution in [1.29, 1.82) is 0 Å². The molecule has 0 saturated carbocycles. The topological polar surface area (TPSA) is 67.8 Å². The predicted molar refractivity (Wildman–Crippen MR) is 103 cm³/mol. The van der Waals surface area contributed by atoms with Crippen molar-refractivity contribution in [3.63, 3.8) is 0 Å². The van der Waals surface area contributed by atoms with Crippen LogP contribution in [0.15, 0.2) is 36.7 Å². The highest BCUT2D eigenvalue weighted by Crippen LogP contribution is 2.47. The van der Waals surface area contributed by atoms with Crippen molar-refractivity contribution >= 4 is 11.7 Å². The maximum absolute atomic E-state index is 13.7. The van der Waals surface area contributed by atoms with Gasteiger partial charge in [-0.25, -0.2) is 14.4 Å². The first-order valence-electron chi connectivity index (χ1n) is 9.97. The minimum Gasteiger partial charge on any atom is -0.481 e. The van der Waals surface area contributed by atoms with Gasteiger partial charge in [0.2, 0.25) is 5.88 Å². The molecule has 8 heteroatoms. The van der Waals surface area contributed by atoms with Gasteiger partial charge in [-0.1, -0.05) is 12.1 Å². The molecule has 3 saturated heterocycles. The van der Waals surface area contributed by atoms with Gasteiger partial charge in [0.15, 0.2) is 5.60 Å². The summed E-state index contributed by atoms with van der Waals surface area (Å²) in [7, 11) is 1.57. The number of carbonyl (C=O) groups is 1. The van der Waals surface area contributed by atoms with Crippen LogP contribution in [0.5, 0.6) is 5.88 Å². The molecule has 3 fully saturated rings. The minimum absolute atomic E-state index is 0.0363. The van der Waals surface area contributed by atoms with Crippen LogP contribution in [0.25, 0.3) is 0 Å². The van der Waals surface area contributed by atoms with Crippen LogP contribution in [-0.4, -0.2) is 52.8 Å². The number of rotatable bonds is 3. The number of aromatic nitrogens is 2. The number of carbonyl (C=O) groups excluding carboxylic acids is 1. The normalized spacial score (nSPS) is 25.5. The molecule has 2 atom stereocenters. The number of hydrogen-bond acceptors (Lipinski definition) is 6. The molecule has 5 rings (SSSR count). The van der Waals surface area contributed by atoms with Crippen molar-refractivity contribution in [2.24, 2.45) is 0 Å². The van der Waals surface area contributed by atoms with Gasteiger partial charge in [0.05, 0.1) is 13.2 Å². The SMILES string of the molecule is COc1cc(N2CCC3(CC2)O[C@@H]2CC[C@@H](c4cccc(F)c4)N2C3=O)ncn1. The van der Waals surface area contributed by atoms with Crippen molar-refractivity contribution in [3.05, 3.63) is 48.0 Å². The number of nitrogens with zero attached hydrogens (tertiary/aromatic N) is 4. The zero-order valence-corrected chi connectivity index (χ0v) is 16.3. The second-order valence-corrected chi connectivity index (χ2v) is 7.83. The fourth-order valence-corrected chi connectivity index (χ4v) is 4.80. The molecule has 3 aliphatic rings. The molecule has 2 aromatic rings. The highest BCUT2D eigenvalue weighted by Gasteiger charge is 2.58. The van der Waals surface area contributed by atoms with E-state index in [1.807, 2.05) is 11.0 Å². The summed E-state index contributed by atoms with van der Waals surface area (Å²) < 4.78 is 25.2. The second kappa shape index (κ2) is 6.95. The van der Waals surface area contributed by atoms with E-state index < -0.39 is 5.60 Å². The Kier molecular flexibility index (Phi) is 4.38. The summed E-state index contributed by atoms with van der Waals surface area (Å²) in [5.41, 5.74) is 0.0524. The van der Waals surface area contributed by atoms with Crippen LogP contribution in [0.4, 0.5) is 10.2 Å². The number of halogens is 1. The predicted octanol–water partition coefficient (Wildman–Crippen LogP) is 2.68. The van der Waals surface area contributed by atoms with Crippen LogP contribution >= 0.6 is 0 Å². The van der Waals surface area contributed by atoms with Gasteiger partial charge in [0.1, 0.15) is 24.2 Å². The number of hydrogen-bond donors (Lipinski definition) is 0. The Bertz CT molecular complexity index is 932. The van der Waals surface area contributed by atoms with E-state index in [4.69, 9.17) is 9.47 Å².